The van der Waals surface area contributed by atoms with Gasteiger partial charge in [-0.25, -0.2) is 9.97 Å². The normalized spacial score (nSPS) is 10.8. The van der Waals surface area contributed by atoms with E-state index in [2.05, 4.69) is 30.7 Å². The predicted octanol–water partition coefficient (Wildman–Crippen LogP) is 3.64. The molecule has 1 aromatic carbocycles. The van der Waals surface area contributed by atoms with Crippen LogP contribution in [0.15, 0.2) is 30.3 Å². The Labute approximate surface area is 120 Å². The Balaban J connectivity index is 2.45. The van der Waals surface area contributed by atoms with E-state index in [1.165, 1.54) is 0 Å². The number of benzene rings is 1. The third kappa shape index (κ3) is 3.26. The standard InChI is InChI=1S/C16H21N3O/c1-4-9-20-14-8-6-5-7-12(14)13-10-15(17)19-16(18-13)11(2)3/h5-8,10-11H,4,9H2,1-3H3,(H2,17,18,19). The average molecular weight is 271 g/mol. The van der Waals surface area contributed by atoms with Crippen molar-refractivity contribution in [1.29, 1.82) is 0 Å². The SMILES string of the molecule is CCCOc1ccccc1-c1cc(N)nc(C(C)C)n1. The lowest BCUT2D eigenvalue weighted by atomic mass is 10.1. The van der Waals surface area contributed by atoms with Crippen molar-refractivity contribution in [1.82, 2.24) is 9.97 Å². The maximum atomic E-state index is 5.89. The van der Waals surface area contributed by atoms with E-state index >= 15 is 0 Å². The summed E-state index contributed by atoms with van der Waals surface area (Å²) >= 11 is 0. The highest BCUT2D eigenvalue weighted by atomic mass is 16.5. The van der Waals surface area contributed by atoms with Gasteiger partial charge >= 0.3 is 0 Å². The number of rotatable bonds is 5. The van der Waals surface area contributed by atoms with E-state index in [1.807, 2.05) is 24.3 Å². The molecule has 0 amide bonds. The number of nitrogen functional groups attached to an aromatic ring is 1. The first-order chi connectivity index (χ1) is 9.61. The lowest BCUT2D eigenvalue weighted by molar-refractivity contribution is 0.318. The Morgan fingerprint density at radius 1 is 1.20 bits per heavy atom. The molecule has 0 unspecified atom stereocenters. The molecule has 20 heavy (non-hydrogen) atoms. The number of aromatic nitrogens is 2. The molecule has 0 saturated carbocycles. The summed E-state index contributed by atoms with van der Waals surface area (Å²) in [6.07, 6.45) is 0.970. The maximum absolute atomic E-state index is 5.89. The van der Waals surface area contributed by atoms with Crippen molar-refractivity contribution in [2.45, 2.75) is 33.1 Å². The summed E-state index contributed by atoms with van der Waals surface area (Å²) in [6, 6.07) is 9.68. The summed E-state index contributed by atoms with van der Waals surface area (Å²) in [5.74, 6) is 2.32. The van der Waals surface area contributed by atoms with Gasteiger partial charge in [0.2, 0.25) is 0 Å². The van der Waals surface area contributed by atoms with Gasteiger partial charge in [0.1, 0.15) is 17.4 Å². The van der Waals surface area contributed by atoms with Crippen LogP contribution in [0, 0.1) is 0 Å². The van der Waals surface area contributed by atoms with Crippen molar-refractivity contribution in [2.24, 2.45) is 0 Å². The van der Waals surface area contributed by atoms with E-state index in [0.29, 0.717) is 12.4 Å². The third-order valence-electron chi connectivity index (χ3n) is 2.90. The zero-order chi connectivity index (χ0) is 14.5. The minimum Gasteiger partial charge on any atom is -0.493 e. The largest absolute Gasteiger partial charge is 0.493 e. The second kappa shape index (κ2) is 6.37. The highest BCUT2D eigenvalue weighted by Crippen LogP contribution is 2.30. The summed E-state index contributed by atoms with van der Waals surface area (Å²) < 4.78 is 5.78. The van der Waals surface area contributed by atoms with Crippen LogP contribution in [-0.4, -0.2) is 16.6 Å². The topological polar surface area (TPSA) is 61.0 Å². The molecule has 4 heteroatoms. The van der Waals surface area contributed by atoms with Gasteiger partial charge in [-0.15, -0.1) is 0 Å². The van der Waals surface area contributed by atoms with Crippen molar-refractivity contribution in [3.8, 4) is 17.0 Å². The monoisotopic (exact) mass is 271 g/mol. The lowest BCUT2D eigenvalue weighted by Crippen LogP contribution is -2.04. The molecule has 106 valence electrons. The summed E-state index contributed by atoms with van der Waals surface area (Å²) in [7, 11) is 0. The van der Waals surface area contributed by atoms with Gasteiger partial charge in [0.25, 0.3) is 0 Å². The van der Waals surface area contributed by atoms with Crippen LogP contribution in [0.1, 0.15) is 38.9 Å². The number of anilines is 1. The molecule has 0 bridgehead atoms. The fourth-order valence-electron chi connectivity index (χ4n) is 1.90. The van der Waals surface area contributed by atoms with Crippen molar-refractivity contribution >= 4 is 5.82 Å². The van der Waals surface area contributed by atoms with Crippen LogP contribution in [0.5, 0.6) is 5.75 Å². The lowest BCUT2D eigenvalue weighted by Gasteiger charge is -2.12. The van der Waals surface area contributed by atoms with Gasteiger partial charge in [0.05, 0.1) is 12.3 Å². The second-order valence-electron chi connectivity index (χ2n) is 5.04. The first kappa shape index (κ1) is 14.3. The Morgan fingerprint density at radius 3 is 2.65 bits per heavy atom. The van der Waals surface area contributed by atoms with E-state index in [9.17, 15) is 0 Å². The van der Waals surface area contributed by atoms with Crippen LogP contribution in [-0.2, 0) is 0 Å². The van der Waals surface area contributed by atoms with Gasteiger partial charge < -0.3 is 10.5 Å². The number of para-hydroxylation sites is 1. The Kier molecular flexibility index (Phi) is 4.56. The molecular formula is C16H21N3O. The number of nitrogens with zero attached hydrogens (tertiary/aromatic N) is 2. The fraction of sp³-hybridized carbons (Fsp3) is 0.375. The number of hydrogen-bond acceptors (Lipinski definition) is 4. The van der Waals surface area contributed by atoms with Crippen molar-refractivity contribution < 1.29 is 4.74 Å². The third-order valence-corrected chi connectivity index (χ3v) is 2.90. The zero-order valence-electron chi connectivity index (χ0n) is 12.3. The summed E-state index contributed by atoms with van der Waals surface area (Å²) in [6.45, 7) is 6.88. The van der Waals surface area contributed by atoms with Crippen LogP contribution in [0.2, 0.25) is 0 Å². The van der Waals surface area contributed by atoms with E-state index in [1.54, 1.807) is 6.07 Å². The van der Waals surface area contributed by atoms with Gasteiger partial charge in [-0.2, -0.15) is 0 Å². The Bertz CT molecular complexity index is 582. The Morgan fingerprint density at radius 2 is 1.95 bits per heavy atom. The van der Waals surface area contributed by atoms with Gasteiger partial charge in [-0.1, -0.05) is 32.9 Å². The highest BCUT2D eigenvalue weighted by molar-refractivity contribution is 5.68. The quantitative estimate of drug-likeness (QED) is 0.902. The average Bonchev–Trinajstić information content (AvgIpc) is 2.44. The van der Waals surface area contributed by atoms with Gasteiger partial charge in [0, 0.05) is 17.5 Å². The fourth-order valence-corrected chi connectivity index (χ4v) is 1.90. The van der Waals surface area contributed by atoms with Gasteiger partial charge in [0.15, 0.2) is 0 Å². The highest BCUT2D eigenvalue weighted by Gasteiger charge is 2.11. The second-order valence-corrected chi connectivity index (χ2v) is 5.04. The van der Waals surface area contributed by atoms with E-state index < -0.39 is 0 Å². The zero-order valence-corrected chi connectivity index (χ0v) is 12.3. The molecular weight excluding hydrogens is 250 g/mol. The smallest absolute Gasteiger partial charge is 0.133 e. The molecule has 0 fully saturated rings. The molecule has 0 radical (unpaired) electrons. The first-order valence-corrected chi connectivity index (χ1v) is 6.98. The first-order valence-electron chi connectivity index (χ1n) is 6.98. The van der Waals surface area contributed by atoms with Crippen LogP contribution in [0.3, 0.4) is 0 Å². The summed E-state index contributed by atoms with van der Waals surface area (Å²) in [5, 5.41) is 0. The minimum atomic E-state index is 0.237. The molecule has 0 atom stereocenters. The van der Waals surface area contributed by atoms with Crippen LogP contribution in [0.4, 0.5) is 5.82 Å². The molecule has 0 aliphatic rings. The molecule has 1 aromatic heterocycles. The van der Waals surface area contributed by atoms with E-state index in [0.717, 1.165) is 29.3 Å². The van der Waals surface area contributed by atoms with Crippen LogP contribution < -0.4 is 10.5 Å². The van der Waals surface area contributed by atoms with Crippen LogP contribution >= 0.6 is 0 Å². The molecule has 2 N–H and O–H groups in total. The molecule has 0 aliphatic carbocycles. The molecule has 2 aromatic rings. The van der Waals surface area contributed by atoms with Crippen molar-refractivity contribution in [3.63, 3.8) is 0 Å². The van der Waals surface area contributed by atoms with Crippen molar-refractivity contribution in [2.75, 3.05) is 12.3 Å². The van der Waals surface area contributed by atoms with Gasteiger partial charge in [-0.3, -0.25) is 0 Å². The molecule has 0 spiro atoms. The minimum absolute atomic E-state index is 0.237. The number of nitrogens with two attached hydrogens (primary N) is 1. The molecule has 4 nitrogen and oxygen atoms in total. The predicted molar refractivity (Wildman–Crippen MR) is 81.8 cm³/mol. The van der Waals surface area contributed by atoms with Crippen molar-refractivity contribution in [3.05, 3.63) is 36.2 Å². The summed E-state index contributed by atoms with van der Waals surface area (Å²) in [4.78, 5) is 8.88. The molecule has 0 saturated heterocycles. The number of hydrogen-bond donors (Lipinski definition) is 1. The number of ether oxygens (including phenoxy) is 1. The summed E-state index contributed by atoms with van der Waals surface area (Å²) in [5.41, 5.74) is 7.66. The molecule has 0 aliphatic heterocycles. The molecule has 1 heterocycles. The Hall–Kier alpha value is -2.10. The van der Waals surface area contributed by atoms with E-state index in [4.69, 9.17) is 10.5 Å². The van der Waals surface area contributed by atoms with Gasteiger partial charge in [-0.05, 0) is 18.6 Å². The van der Waals surface area contributed by atoms with E-state index in [-0.39, 0.29) is 5.92 Å². The van der Waals surface area contributed by atoms with Crippen LogP contribution in [0.25, 0.3) is 11.3 Å². The maximum Gasteiger partial charge on any atom is 0.133 e. The molecule has 2 rings (SSSR count).